The van der Waals surface area contributed by atoms with Crippen LogP contribution >= 0.6 is 0 Å². The first-order chi connectivity index (χ1) is 12.7. The Morgan fingerprint density at radius 3 is 2.46 bits per heavy atom. The number of aliphatic imine (C=N–C) groups is 1. The summed E-state index contributed by atoms with van der Waals surface area (Å²) in [6.07, 6.45) is 3.62. The molecule has 2 heterocycles. The van der Waals surface area contributed by atoms with E-state index in [2.05, 4.69) is 28.2 Å². The van der Waals surface area contributed by atoms with Gasteiger partial charge in [0.25, 0.3) is 6.02 Å². The number of nitrogens with two attached hydrogens (primary N) is 1. The number of aromatic nitrogens is 1. The van der Waals surface area contributed by atoms with Crippen molar-refractivity contribution in [2.75, 3.05) is 13.7 Å². The van der Waals surface area contributed by atoms with Gasteiger partial charge in [0.2, 0.25) is 0 Å². The SMILES string of the molecule is COc1ccc(C2(c3cccc(-c4cccnc4)c3)COC(N)=N2)cc1. The summed E-state index contributed by atoms with van der Waals surface area (Å²) >= 11 is 0. The van der Waals surface area contributed by atoms with Gasteiger partial charge in [0.1, 0.15) is 12.4 Å². The predicted octanol–water partition coefficient (Wildman–Crippen LogP) is 3.35. The summed E-state index contributed by atoms with van der Waals surface area (Å²) < 4.78 is 10.8. The van der Waals surface area contributed by atoms with Gasteiger partial charge in [0.15, 0.2) is 5.54 Å². The average Bonchev–Trinajstić information content (AvgIpc) is 3.12. The first-order valence-electron chi connectivity index (χ1n) is 8.35. The molecule has 1 aliphatic heterocycles. The summed E-state index contributed by atoms with van der Waals surface area (Å²) in [4.78, 5) is 8.88. The van der Waals surface area contributed by atoms with E-state index in [-0.39, 0.29) is 6.02 Å². The number of ether oxygens (including phenoxy) is 2. The number of nitrogens with zero attached hydrogens (tertiary/aromatic N) is 2. The Hall–Kier alpha value is -3.34. The van der Waals surface area contributed by atoms with Gasteiger partial charge in [-0.15, -0.1) is 0 Å². The fraction of sp³-hybridized carbons (Fsp3) is 0.143. The van der Waals surface area contributed by atoms with Crippen LogP contribution < -0.4 is 10.5 Å². The van der Waals surface area contributed by atoms with E-state index >= 15 is 0 Å². The minimum atomic E-state index is -0.672. The van der Waals surface area contributed by atoms with Gasteiger partial charge in [-0.2, -0.15) is 0 Å². The number of methoxy groups -OCH3 is 1. The maximum absolute atomic E-state index is 5.88. The number of amidine groups is 1. The number of hydrogen-bond acceptors (Lipinski definition) is 5. The van der Waals surface area contributed by atoms with Crippen molar-refractivity contribution in [1.82, 2.24) is 4.98 Å². The molecule has 0 radical (unpaired) electrons. The molecular formula is C21H19N3O2. The van der Waals surface area contributed by atoms with Gasteiger partial charge in [-0.1, -0.05) is 36.4 Å². The zero-order chi connectivity index (χ0) is 18.0. The van der Waals surface area contributed by atoms with Crippen LogP contribution in [0.1, 0.15) is 11.1 Å². The van der Waals surface area contributed by atoms with Crippen LogP contribution in [0.4, 0.5) is 0 Å². The monoisotopic (exact) mass is 345 g/mol. The molecule has 1 atom stereocenters. The van der Waals surface area contributed by atoms with Crippen LogP contribution in [-0.4, -0.2) is 24.7 Å². The molecule has 0 aliphatic carbocycles. The largest absolute Gasteiger partial charge is 0.497 e. The standard InChI is InChI=1S/C21H19N3O2/c1-25-19-9-7-17(8-10-19)21(14-26-20(22)24-21)18-6-2-4-15(12-18)16-5-3-11-23-13-16/h2-13H,14H2,1H3,(H2,22,24). The average molecular weight is 345 g/mol. The third kappa shape index (κ3) is 2.77. The molecular weight excluding hydrogens is 326 g/mol. The van der Waals surface area contributed by atoms with Crippen LogP contribution in [0.15, 0.2) is 78.0 Å². The van der Waals surface area contributed by atoms with E-state index < -0.39 is 5.54 Å². The van der Waals surface area contributed by atoms with Crippen molar-refractivity contribution in [3.63, 3.8) is 0 Å². The molecule has 5 heteroatoms. The zero-order valence-electron chi connectivity index (χ0n) is 14.4. The van der Waals surface area contributed by atoms with Crippen molar-refractivity contribution < 1.29 is 9.47 Å². The normalized spacial score (nSPS) is 18.9. The Labute approximate surface area is 152 Å². The van der Waals surface area contributed by atoms with E-state index in [4.69, 9.17) is 15.2 Å². The van der Waals surface area contributed by atoms with E-state index in [0.717, 1.165) is 28.0 Å². The van der Waals surface area contributed by atoms with Crippen molar-refractivity contribution in [3.05, 3.63) is 84.2 Å². The lowest BCUT2D eigenvalue weighted by Gasteiger charge is -2.26. The fourth-order valence-electron chi connectivity index (χ4n) is 3.25. The molecule has 0 amide bonds. The van der Waals surface area contributed by atoms with E-state index in [0.29, 0.717) is 6.61 Å². The number of benzene rings is 2. The molecule has 0 spiro atoms. The maximum atomic E-state index is 5.88. The molecule has 0 saturated heterocycles. The Morgan fingerprint density at radius 1 is 1.00 bits per heavy atom. The molecule has 0 fully saturated rings. The predicted molar refractivity (Wildman–Crippen MR) is 101 cm³/mol. The van der Waals surface area contributed by atoms with Crippen molar-refractivity contribution in [1.29, 1.82) is 0 Å². The molecule has 1 aromatic heterocycles. The highest BCUT2D eigenvalue weighted by atomic mass is 16.5. The number of rotatable bonds is 4. The summed E-state index contributed by atoms with van der Waals surface area (Å²) in [7, 11) is 1.65. The molecule has 0 bridgehead atoms. The summed E-state index contributed by atoms with van der Waals surface area (Å²) in [6, 6.07) is 20.3. The van der Waals surface area contributed by atoms with Crippen LogP contribution in [0.5, 0.6) is 5.75 Å². The lowest BCUT2D eigenvalue weighted by molar-refractivity contribution is 0.278. The summed E-state index contributed by atoms with van der Waals surface area (Å²) in [6.45, 7) is 0.363. The summed E-state index contributed by atoms with van der Waals surface area (Å²) in [5, 5.41) is 0. The van der Waals surface area contributed by atoms with Crippen molar-refractivity contribution >= 4 is 6.02 Å². The van der Waals surface area contributed by atoms with E-state index in [1.54, 1.807) is 13.3 Å². The maximum Gasteiger partial charge on any atom is 0.283 e. The van der Waals surface area contributed by atoms with Gasteiger partial charge >= 0.3 is 0 Å². The Balaban J connectivity index is 1.83. The quantitative estimate of drug-likeness (QED) is 0.787. The van der Waals surface area contributed by atoms with Gasteiger partial charge in [-0.25, -0.2) is 4.99 Å². The molecule has 5 nitrogen and oxygen atoms in total. The van der Waals surface area contributed by atoms with Crippen molar-refractivity contribution in [2.45, 2.75) is 5.54 Å². The van der Waals surface area contributed by atoms with Gasteiger partial charge in [0, 0.05) is 12.4 Å². The highest BCUT2D eigenvalue weighted by Crippen LogP contribution is 2.39. The van der Waals surface area contributed by atoms with Crippen LogP contribution in [0, 0.1) is 0 Å². The van der Waals surface area contributed by atoms with Crippen LogP contribution in [0.2, 0.25) is 0 Å². The van der Waals surface area contributed by atoms with Crippen LogP contribution in [-0.2, 0) is 10.3 Å². The second-order valence-corrected chi connectivity index (χ2v) is 6.15. The Bertz CT molecular complexity index is 939. The molecule has 2 N–H and O–H groups in total. The number of hydrogen-bond donors (Lipinski definition) is 1. The lowest BCUT2D eigenvalue weighted by Crippen LogP contribution is -2.27. The Kier molecular flexibility index (Phi) is 4.05. The van der Waals surface area contributed by atoms with Gasteiger partial charge in [-0.05, 0) is 46.5 Å². The summed E-state index contributed by atoms with van der Waals surface area (Å²) in [5.41, 5.74) is 9.36. The third-order valence-electron chi connectivity index (χ3n) is 4.63. The Morgan fingerprint density at radius 2 is 1.81 bits per heavy atom. The van der Waals surface area contributed by atoms with Gasteiger partial charge in [0.05, 0.1) is 7.11 Å². The van der Waals surface area contributed by atoms with Crippen molar-refractivity contribution in [3.8, 4) is 16.9 Å². The lowest BCUT2D eigenvalue weighted by atomic mass is 9.83. The van der Waals surface area contributed by atoms with Crippen molar-refractivity contribution in [2.24, 2.45) is 10.7 Å². The second-order valence-electron chi connectivity index (χ2n) is 6.15. The minimum Gasteiger partial charge on any atom is -0.497 e. The third-order valence-corrected chi connectivity index (χ3v) is 4.63. The smallest absolute Gasteiger partial charge is 0.283 e. The summed E-state index contributed by atoms with van der Waals surface area (Å²) in [5.74, 6) is 0.795. The first kappa shape index (κ1) is 16.1. The molecule has 4 rings (SSSR count). The van der Waals surface area contributed by atoms with Gasteiger partial charge in [-0.3, -0.25) is 4.98 Å². The highest BCUT2D eigenvalue weighted by molar-refractivity contribution is 5.75. The second kappa shape index (κ2) is 6.52. The molecule has 1 aliphatic rings. The van der Waals surface area contributed by atoms with Gasteiger partial charge < -0.3 is 15.2 Å². The topological polar surface area (TPSA) is 69.7 Å². The van der Waals surface area contributed by atoms with E-state index in [9.17, 15) is 0 Å². The molecule has 3 aromatic rings. The van der Waals surface area contributed by atoms with Crippen LogP contribution in [0.25, 0.3) is 11.1 Å². The van der Waals surface area contributed by atoms with Crippen LogP contribution in [0.3, 0.4) is 0 Å². The fourth-order valence-corrected chi connectivity index (χ4v) is 3.25. The highest BCUT2D eigenvalue weighted by Gasteiger charge is 2.40. The molecule has 130 valence electrons. The molecule has 26 heavy (non-hydrogen) atoms. The number of pyridine rings is 1. The molecule has 0 saturated carbocycles. The molecule has 1 unspecified atom stereocenters. The minimum absolute atomic E-state index is 0.201. The van der Waals surface area contributed by atoms with E-state index in [1.165, 1.54) is 0 Å². The first-order valence-corrected chi connectivity index (χ1v) is 8.35. The molecule has 2 aromatic carbocycles. The zero-order valence-corrected chi connectivity index (χ0v) is 14.4. The van der Waals surface area contributed by atoms with E-state index in [1.807, 2.05) is 48.7 Å².